The first-order chi connectivity index (χ1) is 8.06. The Bertz CT molecular complexity index is 497. The molecular formula is C15H14ClF. The van der Waals surface area contributed by atoms with Crippen molar-refractivity contribution in [3.8, 4) is 0 Å². The Morgan fingerprint density at radius 1 is 1.00 bits per heavy atom. The van der Waals surface area contributed by atoms with Gasteiger partial charge in [0, 0.05) is 10.9 Å². The van der Waals surface area contributed by atoms with Gasteiger partial charge in [-0.1, -0.05) is 36.7 Å². The van der Waals surface area contributed by atoms with Gasteiger partial charge < -0.3 is 0 Å². The minimum atomic E-state index is -0.180. The summed E-state index contributed by atoms with van der Waals surface area (Å²) in [5, 5.41) is 0.719. The molecule has 0 bridgehead atoms. The highest BCUT2D eigenvalue weighted by Gasteiger charge is 2.09. The SMILES string of the molecule is Cc1cc(F)cc(C(C)c2ccc(Cl)cc2)c1. The minimum absolute atomic E-state index is 0.168. The molecule has 0 spiro atoms. The molecule has 0 saturated carbocycles. The third-order valence-electron chi connectivity index (χ3n) is 2.93. The molecule has 1 unspecified atom stereocenters. The number of rotatable bonds is 2. The fraction of sp³-hybridized carbons (Fsp3) is 0.200. The van der Waals surface area contributed by atoms with E-state index in [1.165, 1.54) is 6.07 Å². The monoisotopic (exact) mass is 248 g/mol. The van der Waals surface area contributed by atoms with Crippen molar-refractivity contribution >= 4 is 11.6 Å². The standard InChI is InChI=1S/C15H14ClF/c1-10-7-13(9-15(17)8-10)11(2)12-3-5-14(16)6-4-12/h3-9,11H,1-2H3. The highest BCUT2D eigenvalue weighted by atomic mass is 35.5. The van der Waals surface area contributed by atoms with E-state index in [4.69, 9.17) is 11.6 Å². The second-order valence-corrected chi connectivity index (χ2v) is 4.77. The summed E-state index contributed by atoms with van der Waals surface area (Å²) >= 11 is 5.85. The van der Waals surface area contributed by atoms with Crippen LogP contribution in [0.3, 0.4) is 0 Å². The zero-order chi connectivity index (χ0) is 12.4. The van der Waals surface area contributed by atoms with Crippen molar-refractivity contribution in [2.24, 2.45) is 0 Å². The highest BCUT2D eigenvalue weighted by Crippen LogP contribution is 2.26. The molecule has 2 aromatic rings. The van der Waals surface area contributed by atoms with E-state index in [2.05, 4.69) is 6.92 Å². The predicted molar refractivity (Wildman–Crippen MR) is 70.1 cm³/mol. The minimum Gasteiger partial charge on any atom is -0.207 e. The summed E-state index contributed by atoms with van der Waals surface area (Å²) in [6, 6.07) is 12.8. The molecule has 0 amide bonds. The van der Waals surface area contributed by atoms with Crippen molar-refractivity contribution in [2.45, 2.75) is 19.8 Å². The summed E-state index contributed by atoms with van der Waals surface area (Å²) in [6.45, 7) is 3.97. The molecule has 0 N–H and O–H groups in total. The van der Waals surface area contributed by atoms with E-state index < -0.39 is 0 Å². The highest BCUT2D eigenvalue weighted by molar-refractivity contribution is 6.30. The molecule has 0 radical (unpaired) electrons. The maximum Gasteiger partial charge on any atom is 0.123 e. The molecule has 0 saturated heterocycles. The third-order valence-corrected chi connectivity index (χ3v) is 3.19. The Hall–Kier alpha value is -1.34. The van der Waals surface area contributed by atoms with E-state index in [0.717, 1.165) is 21.7 Å². The number of hydrogen-bond acceptors (Lipinski definition) is 0. The fourth-order valence-electron chi connectivity index (χ4n) is 1.96. The molecular weight excluding hydrogens is 235 g/mol. The van der Waals surface area contributed by atoms with Crippen LogP contribution in [-0.4, -0.2) is 0 Å². The molecule has 2 aromatic carbocycles. The molecule has 2 rings (SSSR count). The van der Waals surface area contributed by atoms with E-state index in [1.807, 2.05) is 37.3 Å². The fourth-order valence-corrected chi connectivity index (χ4v) is 2.08. The summed E-state index contributed by atoms with van der Waals surface area (Å²) in [6.07, 6.45) is 0. The number of hydrogen-bond donors (Lipinski definition) is 0. The zero-order valence-corrected chi connectivity index (χ0v) is 10.6. The average Bonchev–Trinajstić information content (AvgIpc) is 2.28. The van der Waals surface area contributed by atoms with Crippen LogP contribution < -0.4 is 0 Å². The largest absolute Gasteiger partial charge is 0.207 e. The Morgan fingerprint density at radius 3 is 2.24 bits per heavy atom. The van der Waals surface area contributed by atoms with Gasteiger partial charge >= 0.3 is 0 Å². The molecule has 17 heavy (non-hydrogen) atoms. The van der Waals surface area contributed by atoms with E-state index in [9.17, 15) is 4.39 Å². The van der Waals surface area contributed by atoms with Crippen molar-refractivity contribution < 1.29 is 4.39 Å². The molecule has 0 aliphatic heterocycles. The van der Waals surface area contributed by atoms with Gasteiger partial charge in [0.15, 0.2) is 0 Å². The molecule has 0 aliphatic carbocycles. The third kappa shape index (κ3) is 2.86. The van der Waals surface area contributed by atoms with Crippen LogP contribution >= 0.6 is 11.6 Å². The van der Waals surface area contributed by atoms with Crippen LogP contribution in [0.25, 0.3) is 0 Å². The van der Waals surface area contributed by atoms with Crippen molar-refractivity contribution in [1.29, 1.82) is 0 Å². The van der Waals surface area contributed by atoms with Gasteiger partial charge in [-0.2, -0.15) is 0 Å². The van der Waals surface area contributed by atoms with Crippen LogP contribution in [0.15, 0.2) is 42.5 Å². The summed E-state index contributed by atoms with van der Waals surface area (Å²) in [4.78, 5) is 0. The van der Waals surface area contributed by atoms with Crippen LogP contribution in [0.1, 0.15) is 29.5 Å². The maximum atomic E-state index is 13.3. The van der Waals surface area contributed by atoms with E-state index in [-0.39, 0.29) is 11.7 Å². The Labute approximate surface area is 106 Å². The normalized spacial score (nSPS) is 12.5. The molecule has 0 fully saturated rings. The summed E-state index contributed by atoms with van der Waals surface area (Å²) < 4.78 is 13.3. The smallest absolute Gasteiger partial charge is 0.123 e. The maximum absolute atomic E-state index is 13.3. The Balaban J connectivity index is 2.36. The van der Waals surface area contributed by atoms with Gasteiger partial charge in [-0.3, -0.25) is 0 Å². The summed E-state index contributed by atoms with van der Waals surface area (Å²) in [7, 11) is 0. The zero-order valence-electron chi connectivity index (χ0n) is 9.87. The second kappa shape index (κ2) is 4.89. The van der Waals surface area contributed by atoms with Crippen molar-refractivity contribution in [3.05, 3.63) is 70.0 Å². The van der Waals surface area contributed by atoms with Gasteiger partial charge in [-0.25, -0.2) is 4.39 Å². The van der Waals surface area contributed by atoms with Gasteiger partial charge in [0.2, 0.25) is 0 Å². The topological polar surface area (TPSA) is 0 Å². The van der Waals surface area contributed by atoms with Crippen LogP contribution in [0.5, 0.6) is 0 Å². The lowest BCUT2D eigenvalue weighted by atomic mass is 9.92. The summed E-state index contributed by atoms with van der Waals surface area (Å²) in [5.41, 5.74) is 3.07. The average molecular weight is 249 g/mol. The molecule has 88 valence electrons. The van der Waals surface area contributed by atoms with E-state index in [1.54, 1.807) is 6.07 Å². The van der Waals surface area contributed by atoms with Crippen molar-refractivity contribution in [1.82, 2.24) is 0 Å². The molecule has 0 nitrogen and oxygen atoms in total. The predicted octanol–water partition coefficient (Wildman–Crippen LogP) is 4.94. The van der Waals surface area contributed by atoms with Gasteiger partial charge in [-0.05, 0) is 47.9 Å². The van der Waals surface area contributed by atoms with Gasteiger partial charge in [0.05, 0.1) is 0 Å². The quantitative estimate of drug-likeness (QED) is 0.706. The molecule has 0 aromatic heterocycles. The van der Waals surface area contributed by atoms with Crippen LogP contribution in [0.2, 0.25) is 5.02 Å². The summed E-state index contributed by atoms with van der Waals surface area (Å²) in [5.74, 6) is -0.0116. The second-order valence-electron chi connectivity index (χ2n) is 4.34. The molecule has 2 heteroatoms. The van der Waals surface area contributed by atoms with Gasteiger partial charge in [-0.15, -0.1) is 0 Å². The number of aryl methyl sites for hydroxylation is 1. The van der Waals surface area contributed by atoms with E-state index >= 15 is 0 Å². The lowest BCUT2D eigenvalue weighted by molar-refractivity contribution is 0.623. The lowest BCUT2D eigenvalue weighted by Gasteiger charge is -2.13. The van der Waals surface area contributed by atoms with Crippen LogP contribution in [-0.2, 0) is 0 Å². The van der Waals surface area contributed by atoms with Crippen molar-refractivity contribution in [3.63, 3.8) is 0 Å². The van der Waals surface area contributed by atoms with Crippen molar-refractivity contribution in [2.75, 3.05) is 0 Å². The van der Waals surface area contributed by atoms with Crippen LogP contribution in [0, 0.1) is 12.7 Å². The Morgan fingerprint density at radius 2 is 1.65 bits per heavy atom. The number of halogens is 2. The molecule has 0 heterocycles. The first-order valence-corrected chi connectivity index (χ1v) is 5.96. The first kappa shape index (κ1) is 12.1. The molecule has 1 atom stereocenters. The van der Waals surface area contributed by atoms with E-state index in [0.29, 0.717) is 0 Å². The lowest BCUT2D eigenvalue weighted by Crippen LogP contribution is -1.97. The first-order valence-electron chi connectivity index (χ1n) is 5.59. The molecule has 0 aliphatic rings. The van der Waals surface area contributed by atoms with Crippen LogP contribution in [0.4, 0.5) is 4.39 Å². The number of benzene rings is 2. The van der Waals surface area contributed by atoms with Gasteiger partial charge in [0.25, 0.3) is 0 Å². The van der Waals surface area contributed by atoms with Gasteiger partial charge in [0.1, 0.15) is 5.82 Å². The Kier molecular flexibility index (Phi) is 3.49.